The van der Waals surface area contributed by atoms with Gasteiger partial charge in [0.15, 0.2) is 4.96 Å². The fourth-order valence-electron chi connectivity index (χ4n) is 1.77. The van der Waals surface area contributed by atoms with Gasteiger partial charge in [-0.15, -0.1) is 16.4 Å². The van der Waals surface area contributed by atoms with E-state index < -0.39 is 5.91 Å². The molecule has 3 heterocycles. The highest BCUT2D eigenvalue weighted by Crippen LogP contribution is 2.10. The van der Waals surface area contributed by atoms with Gasteiger partial charge in [-0.2, -0.15) is 0 Å². The highest BCUT2D eigenvalue weighted by molar-refractivity contribution is 7.99. The van der Waals surface area contributed by atoms with E-state index in [1.54, 1.807) is 11.6 Å². The van der Waals surface area contributed by atoms with Crippen molar-refractivity contribution < 1.29 is 4.79 Å². The number of carbonyl (C=O) groups excluding carboxylic acids is 1. The molecular formula is C12H12N6O2S2. The average Bonchev–Trinajstić information content (AvgIpc) is 3.13. The van der Waals surface area contributed by atoms with Gasteiger partial charge >= 0.3 is 0 Å². The van der Waals surface area contributed by atoms with Crippen LogP contribution in [0.4, 0.5) is 0 Å². The summed E-state index contributed by atoms with van der Waals surface area (Å²) in [5, 5.41) is 11.8. The molecule has 0 spiro atoms. The molecule has 8 nitrogen and oxygen atoms in total. The Morgan fingerprint density at radius 1 is 1.55 bits per heavy atom. The van der Waals surface area contributed by atoms with Crippen molar-refractivity contribution in [3.05, 3.63) is 39.5 Å². The van der Waals surface area contributed by atoms with Gasteiger partial charge in [-0.1, -0.05) is 11.8 Å². The van der Waals surface area contributed by atoms with Crippen molar-refractivity contribution in [1.29, 1.82) is 0 Å². The molecule has 3 rings (SSSR count). The first-order valence-electron chi connectivity index (χ1n) is 6.40. The third kappa shape index (κ3) is 3.02. The number of rotatable bonds is 5. The van der Waals surface area contributed by atoms with Crippen molar-refractivity contribution in [3.63, 3.8) is 0 Å². The molecule has 22 heavy (non-hydrogen) atoms. The molecule has 0 unspecified atom stereocenters. The van der Waals surface area contributed by atoms with E-state index in [0.29, 0.717) is 22.4 Å². The lowest BCUT2D eigenvalue weighted by molar-refractivity contribution is 0.0954. The number of fused-ring (bicyclic) bond motifs is 1. The van der Waals surface area contributed by atoms with Gasteiger partial charge in [-0.3, -0.25) is 19.1 Å². The molecular weight excluding hydrogens is 324 g/mol. The number of amides is 1. The van der Waals surface area contributed by atoms with Gasteiger partial charge in [0, 0.05) is 30.1 Å². The smallest absolute Gasteiger partial charge is 0.271 e. The molecule has 0 atom stereocenters. The number of hydrogen-bond acceptors (Lipinski definition) is 7. The number of hydrogen-bond donors (Lipinski definition) is 2. The predicted octanol–water partition coefficient (Wildman–Crippen LogP) is 0.705. The summed E-state index contributed by atoms with van der Waals surface area (Å²) < 4.78 is 1.37. The number of aromatic amines is 1. The minimum absolute atomic E-state index is 0.0367. The quantitative estimate of drug-likeness (QED) is 0.525. The van der Waals surface area contributed by atoms with E-state index in [1.165, 1.54) is 33.7 Å². The van der Waals surface area contributed by atoms with Crippen molar-refractivity contribution in [3.8, 4) is 0 Å². The van der Waals surface area contributed by atoms with Gasteiger partial charge < -0.3 is 5.32 Å². The molecule has 3 aromatic heterocycles. The van der Waals surface area contributed by atoms with Crippen LogP contribution in [0.5, 0.6) is 0 Å². The van der Waals surface area contributed by atoms with Crippen LogP contribution >= 0.6 is 23.1 Å². The maximum atomic E-state index is 12.1. The van der Waals surface area contributed by atoms with Crippen LogP contribution in [0, 0.1) is 6.92 Å². The normalized spacial score (nSPS) is 11.0. The first-order chi connectivity index (χ1) is 10.6. The highest BCUT2D eigenvalue weighted by Gasteiger charge is 2.13. The third-order valence-corrected chi connectivity index (χ3v) is 4.40. The number of thioether (sulfide) groups is 1. The van der Waals surface area contributed by atoms with Crippen molar-refractivity contribution in [1.82, 2.24) is 29.9 Å². The first kappa shape index (κ1) is 14.7. The van der Waals surface area contributed by atoms with E-state index >= 15 is 0 Å². The summed E-state index contributed by atoms with van der Waals surface area (Å²) in [6.07, 6.45) is 2.92. The van der Waals surface area contributed by atoms with Crippen LogP contribution in [0.2, 0.25) is 0 Å². The van der Waals surface area contributed by atoms with Gasteiger partial charge in [0.2, 0.25) is 5.16 Å². The summed E-state index contributed by atoms with van der Waals surface area (Å²) in [5.41, 5.74) is -0.323. The Morgan fingerprint density at radius 2 is 2.41 bits per heavy atom. The maximum absolute atomic E-state index is 12.1. The SMILES string of the molecule is Cc1nc(SCCNC(=O)c2cnc3sccn3c2=O)n[nH]1. The maximum Gasteiger partial charge on any atom is 0.271 e. The Hall–Kier alpha value is -2.20. The zero-order chi connectivity index (χ0) is 15.5. The molecule has 0 aliphatic rings. The summed E-state index contributed by atoms with van der Waals surface area (Å²) in [6, 6.07) is 0. The van der Waals surface area contributed by atoms with Crippen LogP contribution in [0.25, 0.3) is 4.96 Å². The minimum Gasteiger partial charge on any atom is -0.351 e. The molecule has 10 heteroatoms. The average molecular weight is 336 g/mol. The van der Waals surface area contributed by atoms with Crippen molar-refractivity contribution in [2.24, 2.45) is 0 Å². The minimum atomic E-state index is -0.426. The first-order valence-corrected chi connectivity index (χ1v) is 8.26. The third-order valence-electron chi connectivity index (χ3n) is 2.78. The van der Waals surface area contributed by atoms with Crippen LogP contribution in [0.1, 0.15) is 16.2 Å². The Morgan fingerprint density at radius 3 is 3.18 bits per heavy atom. The van der Waals surface area contributed by atoms with Gasteiger partial charge in [0.1, 0.15) is 11.4 Å². The molecule has 0 fully saturated rings. The van der Waals surface area contributed by atoms with Crippen LogP contribution in [0.3, 0.4) is 0 Å². The lowest BCUT2D eigenvalue weighted by Crippen LogP contribution is -2.32. The molecule has 114 valence electrons. The molecule has 2 N–H and O–H groups in total. The summed E-state index contributed by atoms with van der Waals surface area (Å²) in [7, 11) is 0. The van der Waals surface area contributed by atoms with Gasteiger partial charge in [0.05, 0.1) is 0 Å². The van der Waals surface area contributed by atoms with Crippen LogP contribution in [-0.4, -0.2) is 42.8 Å². The summed E-state index contributed by atoms with van der Waals surface area (Å²) in [5.74, 6) is 0.929. The van der Waals surface area contributed by atoms with Crippen LogP contribution in [0.15, 0.2) is 27.7 Å². The van der Waals surface area contributed by atoms with E-state index in [9.17, 15) is 9.59 Å². The van der Waals surface area contributed by atoms with Crippen molar-refractivity contribution in [2.45, 2.75) is 12.1 Å². The molecule has 0 aliphatic heterocycles. The van der Waals surface area contributed by atoms with Crippen LogP contribution in [-0.2, 0) is 0 Å². The molecule has 0 aromatic carbocycles. The number of nitrogens with one attached hydrogen (secondary N) is 2. The zero-order valence-corrected chi connectivity index (χ0v) is 13.2. The lowest BCUT2D eigenvalue weighted by Gasteiger charge is -2.03. The Labute approximate surface area is 133 Å². The zero-order valence-electron chi connectivity index (χ0n) is 11.6. The summed E-state index contributed by atoms with van der Waals surface area (Å²) >= 11 is 2.76. The Bertz CT molecular complexity index is 868. The van der Waals surface area contributed by atoms with E-state index in [0.717, 1.165) is 5.82 Å². The standard InChI is InChI=1S/C12H12N6O2S2/c1-7-15-11(17-16-7)21-4-2-13-9(19)8-6-14-12-18(10(8)20)3-5-22-12/h3,5-6H,2,4H2,1H3,(H,13,19)(H,15,16,17). The predicted molar refractivity (Wildman–Crippen MR) is 83.5 cm³/mol. The van der Waals surface area contributed by atoms with E-state index in [4.69, 9.17) is 0 Å². The topological polar surface area (TPSA) is 105 Å². The van der Waals surface area contributed by atoms with Gasteiger partial charge in [0.25, 0.3) is 11.5 Å². The van der Waals surface area contributed by atoms with E-state index in [1.807, 2.05) is 6.92 Å². The molecule has 0 bridgehead atoms. The summed E-state index contributed by atoms with van der Waals surface area (Å²) in [4.78, 5) is 33.0. The fraction of sp³-hybridized carbons (Fsp3) is 0.250. The number of H-pyrrole nitrogens is 1. The Balaban J connectivity index is 1.59. The Kier molecular flexibility index (Phi) is 4.20. The van der Waals surface area contributed by atoms with Crippen molar-refractivity contribution in [2.75, 3.05) is 12.3 Å². The number of thiazole rings is 1. The van der Waals surface area contributed by atoms with Gasteiger partial charge in [-0.25, -0.2) is 9.97 Å². The van der Waals surface area contributed by atoms with Gasteiger partial charge in [-0.05, 0) is 6.92 Å². The second-order valence-electron chi connectivity index (χ2n) is 4.34. The lowest BCUT2D eigenvalue weighted by atomic mass is 10.3. The molecule has 3 aromatic rings. The number of nitrogens with zero attached hydrogens (tertiary/aromatic N) is 4. The molecule has 0 saturated heterocycles. The second-order valence-corrected chi connectivity index (χ2v) is 6.28. The largest absolute Gasteiger partial charge is 0.351 e. The number of carbonyl (C=O) groups is 1. The molecule has 0 saturated carbocycles. The molecule has 0 radical (unpaired) electrons. The van der Waals surface area contributed by atoms with Crippen LogP contribution < -0.4 is 10.9 Å². The second kappa shape index (κ2) is 6.28. The molecule has 0 aliphatic carbocycles. The monoisotopic (exact) mass is 336 g/mol. The molecule has 1 amide bonds. The fourth-order valence-corrected chi connectivity index (χ4v) is 3.14. The van der Waals surface area contributed by atoms with E-state index in [2.05, 4.69) is 25.5 Å². The number of aromatic nitrogens is 5. The summed E-state index contributed by atoms with van der Waals surface area (Å²) in [6.45, 7) is 2.22. The van der Waals surface area contributed by atoms with E-state index in [-0.39, 0.29) is 11.1 Å². The highest BCUT2D eigenvalue weighted by atomic mass is 32.2. The van der Waals surface area contributed by atoms with Crippen molar-refractivity contribution >= 4 is 34.0 Å². The number of aryl methyl sites for hydroxylation is 1.